The number of unbranched alkanes of at least 4 members (excludes halogenated alkanes) is 1. The van der Waals surface area contributed by atoms with Crippen molar-refractivity contribution < 1.29 is 0 Å². The second kappa shape index (κ2) is 8.07. The number of hydrogen-bond donors (Lipinski definition) is 0. The average molecular weight is 275 g/mol. The highest BCUT2D eigenvalue weighted by molar-refractivity contribution is 5.49. The van der Waals surface area contributed by atoms with E-state index in [4.69, 9.17) is 5.26 Å². The molecule has 0 spiro atoms. The van der Waals surface area contributed by atoms with Crippen LogP contribution in [0.4, 0.5) is 0 Å². The van der Waals surface area contributed by atoms with Crippen molar-refractivity contribution in [2.75, 3.05) is 0 Å². The molecule has 0 aliphatic rings. The maximum Gasteiger partial charge on any atom is 0.0991 e. The van der Waals surface area contributed by atoms with Crippen LogP contribution < -0.4 is 0 Å². The zero-order valence-corrected chi connectivity index (χ0v) is 12.5. The predicted octanol–water partition coefficient (Wildman–Crippen LogP) is 5.16. The molecule has 0 unspecified atom stereocenters. The number of nitriles is 1. The van der Waals surface area contributed by atoms with Gasteiger partial charge in [0.05, 0.1) is 11.6 Å². The molecule has 1 nitrogen and oxygen atoms in total. The molecule has 0 N–H and O–H groups in total. The minimum absolute atomic E-state index is 0.724. The highest BCUT2D eigenvalue weighted by atomic mass is 14.2. The third-order valence-electron chi connectivity index (χ3n) is 3.53. The topological polar surface area (TPSA) is 23.8 Å². The van der Waals surface area contributed by atoms with Crippen LogP contribution in [0.5, 0.6) is 0 Å². The van der Waals surface area contributed by atoms with Gasteiger partial charge in [0.2, 0.25) is 0 Å². The van der Waals surface area contributed by atoms with Crippen LogP contribution >= 0.6 is 0 Å². The molecule has 2 rings (SSSR count). The molecule has 1 heteroatoms. The fraction of sp³-hybridized carbons (Fsp3) is 0.250. The van der Waals surface area contributed by atoms with Crippen LogP contribution in [0, 0.1) is 11.3 Å². The minimum atomic E-state index is 0.724. The number of nitrogens with zero attached hydrogens (tertiary/aromatic N) is 1. The SMILES string of the molecule is CCCC=Cc1ccc(CCc2ccc(C#N)cc2)cc1. The molecule has 0 atom stereocenters. The van der Waals surface area contributed by atoms with Crippen molar-refractivity contribution in [2.24, 2.45) is 0 Å². The lowest BCUT2D eigenvalue weighted by atomic mass is 10.0. The Morgan fingerprint density at radius 3 is 2.00 bits per heavy atom. The summed E-state index contributed by atoms with van der Waals surface area (Å²) in [5.74, 6) is 0. The monoisotopic (exact) mass is 275 g/mol. The van der Waals surface area contributed by atoms with E-state index in [2.05, 4.69) is 49.4 Å². The Balaban J connectivity index is 1.89. The largest absolute Gasteiger partial charge is 0.192 e. The lowest BCUT2D eigenvalue weighted by molar-refractivity contribution is 0.958. The molecule has 0 aromatic heterocycles. The Bertz CT molecular complexity index is 612. The molecule has 0 saturated carbocycles. The van der Waals surface area contributed by atoms with Gasteiger partial charge in [-0.15, -0.1) is 0 Å². The van der Waals surface area contributed by atoms with Crippen molar-refractivity contribution in [3.63, 3.8) is 0 Å². The van der Waals surface area contributed by atoms with Gasteiger partial charge in [0, 0.05) is 0 Å². The predicted molar refractivity (Wildman–Crippen MR) is 88.9 cm³/mol. The van der Waals surface area contributed by atoms with E-state index in [1.165, 1.54) is 23.1 Å². The summed E-state index contributed by atoms with van der Waals surface area (Å²) in [6.07, 6.45) is 8.79. The van der Waals surface area contributed by atoms with E-state index >= 15 is 0 Å². The van der Waals surface area contributed by atoms with Crippen LogP contribution in [0.1, 0.15) is 42.0 Å². The number of rotatable bonds is 6. The first kappa shape index (κ1) is 15.1. The maximum atomic E-state index is 8.78. The average Bonchev–Trinajstić information content (AvgIpc) is 2.55. The van der Waals surface area contributed by atoms with Gasteiger partial charge in [-0.25, -0.2) is 0 Å². The first-order chi connectivity index (χ1) is 10.3. The third kappa shape index (κ3) is 4.93. The number of benzene rings is 2. The van der Waals surface area contributed by atoms with Gasteiger partial charge < -0.3 is 0 Å². The minimum Gasteiger partial charge on any atom is -0.192 e. The van der Waals surface area contributed by atoms with Gasteiger partial charge in [-0.05, 0) is 48.1 Å². The van der Waals surface area contributed by atoms with Crippen molar-refractivity contribution in [1.82, 2.24) is 0 Å². The maximum absolute atomic E-state index is 8.78. The van der Waals surface area contributed by atoms with Gasteiger partial charge >= 0.3 is 0 Å². The normalized spacial score (nSPS) is 10.7. The van der Waals surface area contributed by atoms with E-state index in [-0.39, 0.29) is 0 Å². The van der Waals surface area contributed by atoms with Gasteiger partial charge in [-0.2, -0.15) is 5.26 Å². The lowest BCUT2D eigenvalue weighted by Crippen LogP contribution is -1.91. The Kier molecular flexibility index (Phi) is 5.79. The van der Waals surface area contributed by atoms with Crippen molar-refractivity contribution in [2.45, 2.75) is 32.6 Å². The Morgan fingerprint density at radius 1 is 0.905 bits per heavy atom. The summed E-state index contributed by atoms with van der Waals surface area (Å²) in [5.41, 5.74) is 4.63. The van der Waals surface area contributed by atoms with Gasteiger partial charge in [-0.1, -0.05) is 61.9 Å². The van der Waals surface area contributed by atoms with Crippen LogP contribution in [-0.2, 0) is 12.8 Å². The number of allylic oxidation sites excluding steroid dienone is 1. The van der Waals surface area contributed by atoms with E-state index in [0.29, 0.717) is 0 Å². The summed E-state index contributed by atoms with van der Waals surface area (Å²) in [6.45, 7) is 2.19. The molecule has 2 aromatic rings. The van der Waals surface area contributed by atoms with E-state index in [9.17, 15) is 0 Å². The molecular weight excluding hydrogens is 254 g/mol. The molecule has 0 radical (unpaired) electrons. The second-order valence-corrected chi connectivity index (χ2v) is 5.24. The van der Waals surface area contributed by atoms with Gasteiger partial charge in [-0.3, -0.25) is 0 Å². The summed E-state index contributed by atoms with van der Waals surface area (Å²) >= 11 is 0. The number of hydrogen-bond acceptors (Lipinski definition) is 1. The molecule has 0 amide bonds. The summed E-state index contributed by atoms with van der Waals surface area (Å²) in [4.78, 5) is 0. The zero-order valence-electron chi connectivity index (χ0n) is 12.5. The van der Waals surface area contributed by atoms with Crippen LogP contribution in [0.25, 0.3) is 6.08 Å². The molecule has 0 bridgehead atoms. The molecular formula is C20H21N. The Hall–Kier alpha value is -2.33. The van der Waals surface area contributed by atoms with Crippen LogP contribution in [0.3, 0.4) is 0 Å². The van der Waals surface area contributed by atoms with Crippen LogP contribution in [0.2, 0.25) is 0 Å². The molecule has 0 fully saturated rings. The molecule has 0 aliphatic carbocycles. The third-order valence-corrected chi connectivity index (χ3v) is 3.53. The van der Waals surface area contributed by atoms with Gasteiger partial charge in [0.25, 0.3) is 0 Å². The first-order valence-corrected chi connectivity index (χ1v) is 7.56. The first-order valence-electron chi connectivity index (χ1n) is 7.56. The fourth-order valence-electron chi connectivity index (χ4n) is 2.22. The molecule has 2 aromatic carbocycles. The Labute approximate surface area is 127 Å². The van der Waals surface area contributed by atoms with E-state index in [1.807, 2.05) is 24.3 Å². The van der Waals surface area contributed by atoms with Crippen molar-refractivity contribution in [1.29, 1.82) is 5.26 Å². The Morgan fingerprint density at radius 2 is 1.48 bits per heavy atom. The van der Waals surface area contributed by atoms with E-state index in [0.717, 1.165) is 24.8 Å². The second-order valence-electron chi connectivity index (χ2n) is 5.24. The standard InChI is InChI=1S/C20H21N/c1-2-3-4-5-17-6-8-18(9-7-17)10-11-19-12-14-20(16-21)15-13-19/h4-9,12-15H,2-3,10-11H2,1H3. The highest BCUT2D eigenvalue weighted by Crippen LogP contribution is 2.11. The van der Waals surface area contributed by atoms with Crippen LogP contribution in [0.15, 0.2) is 54.6 Å². The molecule has 106 valence electrons. The van der Waals surface area contributed by atoms with Crippen molar-refractivity contribution in [3.8, 4) is 6.07 Å². The zero-order chi connectivity index (χ0) is 14.9. The quantitative estimate of drug-likeness (QED) is 0.714. The smallest absolute Gasteiger partial charge is 0.0991 e. The molecule has 0 heterocycles. The molecule has 0 aliphatic heterocycles. The van der Waals surface area contributed by atoms with Crippen molar-refractivity contribution in [3.05, 3.63) is 76.9 Å². The van der Waals surface area contributed by atoms with Crippen molar-refractivity contribution >= 4 is 6.08 Å². The lowest BCUT2D eigenvalue weighted by Gasteiger charge is -2.03. The molecule has 0 saturated heterocycles. The highest BCUT2D eigenvalue weighted by Gasteiger charge is 1.97. The summed E-state index contributed by atoms with van der Waals surface area (Å²) in [7, 11) is 0. The van der Waals surface area contributed by atoms with E-state index in [1.54, 1.807) is 0 Å². The van der Waals surface area contributed by atoms with E-state index < -0.39 is 0 Å². The summed E-state index contributed by atoms with van der Waals surface area (Å²) < 4.78 is 0. The molecule has 21 heavy (non-hydrogen) atoms. The van der Waals surface area contributed by atoms with Gasteiger partial charge in [0.15, 0.2) is 0 Å². The van der Waals surface area contributed by atoms with Crippen LogP contribution in [-0.4, -0.2) is 0 Å². The summed E-state index contributed by atoms with van der Waals surface area (Å²) in [6, 6.07) is 18.8. The van der Waals surface area contributed by atoms with Gasteiger partial charge in [0.1, 0.15) is 0 Å². The summed E-state index contributed by atoms with van der Waals surface area (Å²) in [5, 5.41) is 8.78. The fourth-order valence-corrected chi connectivity index (χ4v) is 2.22. The number of aryl methyl sites for hydroxylation is 2.